The molecule has 10 heteroatoms. The highest BCUT2D eigenvalue weighted by molar-refractivity contribution is 7.85. The van der Waals surface area contributed by atoms with Gasteiger partial charge in [0.05, 0.1) is 0 Å². The molecule has 1 amide bonds. The summed E-state index contributed by atoms with van der Waals surface area (Å²) >= 11 is 0. The predicted molar refractivity (Wildman–Crippen MR) is 89.9 cm³/mol. The number of carbonyl (C=O) groups is 1. The highest BCUT2D eigenvalue weighted by Crippen LogP contribution is 2.38. The molecule has 0 spiro atoms. The number of hydrogen-bond acceptors (Lipinski definition) is 5. The summed E-state index contributed by atoms with van der Waals surface area (Å²) in [6.45, 7) is 9.67. The summed E-state index contributed by atoms with van der Waals surface area (Å²) in [5.41, 5.74) is 5.41. The predicted octanol–water partition coefficient (Wildman–Crippen LogP) is 1.82. The lowest BCUT2D eigenvalue weighted by Gasteiger charge is -2.53. The third-order valence-corrected chi connectivity index (χ3v) is 63.5. The molecule has 0 aromatic heterocycles. The normalized spacial score (nSPS) is 14.2. The van der Waals surface area contributed by atoms with Gasteiger partial charge in [-0.3, -0.25) is 0 Å². The van der Waals surface area contributed by atoms with Crippen LogP contribution in [0.25, 0.3) is 0 Å². The van der Waals surface area contributed by atoms with Crippen molar-refractivity contribution in [2.45, 2.75) is 39.3 Å². The smallest absolute Gasteiger partial charge is 0.390 e. The molecule has 2 N–H and O–H groups in total. The van der Waals surface area contributed by atoms with Crippen LogP contribution >= 0.6 is 0 Å². The van der Waals surface area contributed by atoms with Gasteiger partial charge in [-0.15, -0.1) is 0 Å². The van der Waals surface area contributed by atoms with Crippen LogP contribution in [0.5, 0.6) is 0 Å². The molecule has 0 aromatic carbocycles. The van der Waals surface area contributed by atoms with Crippen molar-refractivity contribution in [3.05, 3.63) is 0 Å². The van der Waals surface area contributed by atoms with Crippen LogP contribution in [0.15, 0.2) is 0 Å². The first-order valence-electron chi connectivity index (χ1n) is 6.49. The van der Waals surface area contributed by atoms with Crippen molar-refractivity contribution >= 4 is 36.5 Å². The van der Waals surface area contributed by atoms with Gasteiger partial charge < -0.3 is 23.4 Å². The lowest BCUT2D eigenvalue weighted by Crippen LogP contribution is -2.88. The summed E-state index contributed by atoms with van der Waals surface area (Å²) < 4.78 is 23.5. The molecule has 0 saturated carbocycles. The Morgan fingerprint density at radius 1 is 0.750 bits per heavy atom. The number of hydrogen-bond donors (Lipinski definition) is 1. The minimum absolute atomic E-state index is 0.746. The van der Waals surface area contributed by atoms with Gasteiger partial charge in [-0.2, -0.15) is 0 Å². The highest BCUT2D eigenvalue weighted by atomic mass is 29.9. The number of amides is 1. The molecule has 0 bridgehead atoms. The van der Waals surface area contributed by atoms with E-state index >= 15 is 0 Å². The van der Waals surface area contributed by atoms with Crippen LogP contribution in [0, 0.1) is 0 Å². The summed E-state index contributed by atoms with van der Waals surface area (Å²) in [5.74, 6) is 0. The Hall–Kier alpha value is 0.0175. The Balaban J connectivity index is 6.43. The molecule has 6 nitrogen and oxygen atoms in total. The number of primary amides is 1. The van der Waals surface area contributed by atoms with Gasteiger partial charge in [0.2, 0.25) is 23.5 Å². The van der Waals surface area contributed by atoms with Crippen molar-refractivity contribution in [1.82, 2.24) is 0 Å². The second-order valence-electron chi connectivity index (χ2n) is 6.25. The molecule has 20 heavy (non-hydrogen) atoms. The largest absolute Gasteiger partial charge is 0.504 e. The third kappa shape index (κ3) is 3.10. The molecule has 0 aliphatic heterocycles. The lowest BCUT2D eigenvalue weighted by atomic mass is 11.3. The molecule has 0 radical (unpaired) electrons. The molecule has 0 fully saturated rings. The first-order chi connectivity index (χ1) is 8.85. The van der Waals surface area contributed by atoms with E-state index < -0.39 is 36.5 Å². The maximum Gasteiger partial charge on any atom is 0.390 e. The molecule has 0 aliphatic carbocycles. The molecular formula is C10H29NO5Si4. The molecule has 0 rings (SSSR count). The topological polar surface area (TPSA) is 80.0 Å². The van der Waals surface area contributed by atoms with Gasteiger partial charge in [0.25, 0.3) is 0 Å². The highest BCUT2D eigenvalue weighted by Gasteiger charge is 2.75. The van der Waals surface area contributed by atoms with E-state index in [0.29, 0.717) is 0 Å². The maximum absolute atomic E-state index is 11.6. The second kappa shape index (κ2) is 6.42. The molecule has 0 aromatic rings. The Kier molecular flexibility index (Phi) is 6.42. The monoisotopic (exact) mass is 355 g/mol. The van der Waals surface area contributed by atoms with Gasteiger partial charge in [-0.1, -0.05) is 0 Å². The Bertz CT molecular complexity index is 321. The van der Waals surface area contributed by atoms with E-state index in [1.807, 2.05) is 0 Å². The van der Waals surface area contributed by atoms with Crippen LogP contribution in [0.2, 0.25) is 39.3 Å². The van der Waals surface area contributed by atoms with E-state index in [4.69, 9.17) is 23.4 Å². The molecular weight excluding hydrogens is 326 g/mol. The number of nitrogens with two attached hydrogens (primary N) is 1. The van der Waals surface area contributed by atoms with Crippen molar-refractivity contribution in [2.75, 3.05) is 21.3 Å². The van der Waals surface area contributed by atoms with Gasteiger partial charge in [0.15, 0.2) is 0 Å². The van der Waals surface area contributed by atoms with E-state index in [1.165, 1.54) is 0 Å². The fraction of sp³-hybridized carbons (Fsp3) is 0.900. The minimum Gasteiger partial charge on any atom is -0.504 e. The van der Waals surface area contributed by atoms with Crippen molar-refractivity contribution in [3.63, 3.8) is 0 Å². The molecule has 0 heterocycles. The van der Waals surface area contributed by atoms with E-state index in [2.05, 4.69) is 39.3 Å². The molecule has 0 unspecified atom stereocenters. The summed E-state index contributed by atoms with van der Waals surface area (Å²) in [4.78, 5) is 11.6. The van der Waals surface area contributed by atoms with Crippen LogP contribution in [-0.2, 0) is 17.7 Å². The second-order valence-corrected chi connectivity index (χ2v) is 39.8. The van der Waals surface area contributed by atoms with E-state index in [0.717, 1.165) is 0 Å². The van der Waals surface area contributed by atoms with E-state index in [-0.39, 0.29) is 0 Å². The number of carbonyl (C=O) groups excluding carboxylic acids is 1. The van der Waals surface area contributed by atoms with Gasteiger partial charge in [0.1, 0.15) is 0 Å². The average molecular weight is 356 g/mol. The van der Waals surface area contributed by atoms with Crippen LogP contribution in [0.4, 0.5) is 4.79 Å². The molecule has 0 atom stereocenters. The molecule has 0 saturated heterocycles. The van der Waals surface area contributed by atoms with Crippen LogP contribution < -0.4 is 5.73 Å². The summed E-state index contributed by atoms with van der Waals surface area (Å²) in [6.07, 6.45) is -0.746. The fourth-order valence-electron chi connectivity index (χ4n) is 3.13. The molecule has 0 aliphatic rings. The van der Waals surface area contributed by atoms with Gasteiger partial charge in [0, 0.05) is 21.3 Å². The SMILES string of the molecule is CO[Si](C)(C)[Si](OC(N)=O)([Si](C)(C)OC)[Si](C)(C)OC. The fourth-order valence-corrected chi connectivity index (χ4v) is 72.8. The van der Waals surface area contributed by atoms with Gasteiger partial charge in [-0.25, -0.2) is 4.79 Å². The summed E-state index contributed by atoms with van der Waals surface area (Å²) in [6, 6.07) is 0. The Morgan fingerprint density at radius 2 is 1.00 bits per heavy atom. The third-order valence-electron chi connectivity index (χ3n) is 4.33. The van der Waals surface area contributed by atoms with Crippen molar-refractivity contribution < 1.29 is 22.5 Å². The maximum atomic E-state index is 11.6. The van der Waals surface area contributed by atoms with E-state index in [1.54, 1.807) is 21.3 Å². The summed E-state index contributed by atoms with van der Waals surface area (Å²) in [5, 5.41) is 0. The molecule has 120 valence electrons. The zero-order valence-corrected chi connectivity index (χ0v) is 18.1. The first kappa shape index (κ1) is 20.0. The average Bonchev–Trinajstić information content (AvgIpc) is 2.34. The van der Waals surface area contributed by atoms with Gasteiger partial charge >= 0.3 is 13.0 Å². The number of rotatable bonds is 7. The van der Waals surface area contributed by atoms with Crippen molar-refractivity contribution in [2.24, 2.45) is 5.73 Å². The zero-order valence-electron chi connectivity index (χ0n) is 14.1. The van der Waals surface area contributed by atoms with Gasteiger partial charge in [-0.05, 0) is 39.3 Å². The van der Waals surface area contributed by atoms with Crippen molar-refractivity contribution in [1.29, 1.82) is 0 Å². The van der Waals surface area contributed by atoms with Crippen LogP contribution in [0.3, 0.4) is 0 Å². The van der Waals surface area contributed by atoms with Crippen molar-refractivity contribution in [3.8, 4) is 0 Å². The lowest BCUT2D eigenvalue weighted by molar-refractivity contribution is 0.209. The Labute approximate surface area is 125 Å². The quantitative estimate of drug-likeness (QED) is 0.705. The first-order valence-corrected chi connectivity index (χ1v) is 20.1. The van der Waals surface area contributed by atoms with E-state index in [9.17, 15) is 4.79 Å². The zero-order chi connectivity index (χ0) is 16.4. The summed E-state index contributed by atoms with van der Waals surface area (Å²) in [7, 11) is -1.99. The Morgan fingerprint density at radius 3 is 1.15 bits per heavy atom. The standard InChI is InChI=1S/C10H29NO5Si4/c1-13-17(4,5)20(16-10(11)12,18(6,7)14-2)19(8,9)15-3/h1-9H3,(H2,11,12). The van der Waals surface area contributed by atoms with Crippen LogP contribution in [-0.4, -0.2) is 57.8 Å². The minimum atomic E-state index is -2.77. The van der Waals surface area contributed by atoms with Crippen LogP contribution in [0.1, 0.15) is 0 Å².